The minimum absolute atomic E-state index is 0.0370. The molecule has 0 fully saturated rings. The molecule has 6 heteroatoms. The van der Waals surface area contributed by atoms with Crippen LogP contribution < -0.4 is 5.73 Å². The van der Waals surface area contributed by atoms with E-state index < -0.39 is 24.0 Å². The lowest BCUT2D eigenvalue weighted by molar-refractivity contribution is -0.163. The number of carbonyl (C=O) groups is 2. The number of aliphatic hydroxyl groups is 1. The molecule has 2 aromatic carbocycles. The Balaban J connectivity index is 2.33. The van der Waals surface area contributed by atoms with Gasteiger partial charge in [0, 0.05) is 5.70 Å². The van der Waals surface area contributed by atoms with Gasteiger partial charge in [-0.2, -0.15) is 5.26 Å². The number of hydrogen-bond donors (Lipinski definition) is 2. The number of ketones is 1. The Hall–Kier alpha value is -3.43. The van der Waals surface area contributed by atoms with Gasteiger partial charge in [0.15, 0.2) is 6.61 Å². The number of hydrogen-bond acceptors (Lipinski definition) is 6. The van der Waals surface area contributed by atoms with Crippen LogP contribution in [0.15, 0.2) is 71.9 Å². The molecule has 3 N–H and O–H groups in total. The predicted molar refractivity (Wildman–Crippen MR) is 94.3 cm³/mol. The Morgan fingerprint density at radius 1 is 1.08 bits per heavy atom. The SMILES string of the molecule is C/C(N)=C(/C#N)C(=O)COC(=O)C(O)(c1ccccc1)c1ccccc1. The van der Waals surface area contributed by atoms with Crippen molar-refractivity contribution in [1.29, 1.82) is 5.26 Å². The topological polar surface area (TPSA) is 113 Å². The summed E-state index contributed by atoms with van der Waals surface area (Å²) in [6.45, 7) is 0.709. The smallest absolute Gasteiger partial charge is 0.348 e. The van der Waals surface area contributed by atoms with Crippen LogP contribution >= 0.6 is 0 Å². The van der Waals surface area contributed by atoms with Crippen molar-refractivity contribution in [2.45, 2.75) is 12.5 Å². The van der Waals surface area contributed by atoms with Crippen LogP contribution in [0, 0.1) is 11.3 Å². The van der Waals surface area contributed by atoms with E-state index in [1.54, 1.807) is 66.7 Å². The molecule has 0 aliphatic carbocycles. The third-order valence-corrected chi connectivity index (χ3v) is 3.80. The molecule has 0 saturated heterocycles. The molecule has 0 radical (unpaired) electrons. The molecule has 0 aliphatic heterocycles. The van der Waals surface area contributed by atoms with Gasteiger partial charge >= 0.3 is 5.97 Å². The van der Waals surface area contributed by atoms with E-state index in [0.29, 0.717) is 11.1 Å². The van der Waals surface area contributed by atoms with Gasteiger partial charge in [-0.25, -0.2) is 4.79 Å². The van der Waals surface area contributed by atoms with E-state index in [0.717, 1.165) is 0 Å². The van der Waals surface area contributed by atoms with Crippen LogP contribution in [0.2, 0.25) is 0 Å². The van der Waals surface area contributed by atoms with Gasteiger partial charge in [-0.05, 0) is 18.1 Å². The number of nitrogens with zero attached hydrogens (tertiary/aromatic N) is 1. The minimum atomic E-state index is -2.09. The van der Waals surface area contributed by atoms with E-state index in [1.165, 1.54) is 6.92 Å². The molecular weight excluding hydrogens is 332 g/mol. The van der Waals surface area contributed by atoms with Gasteiger partial charge in [-0.3, -0.25) is 4.79 Å². The van der Waals surface area contributed by atoms with Gasteiger partial charge in [0.1, 0.15) is 11.6 Å². The molecule has 0 amide bonds. The Morgan fingerprint density at radius 2 is 1.54 bits per heavy atom. The van der Waals surface area contributed by atoms with Crippen molar-refractivity contribution in [1.82, 2.24) is 0 Å². The molecule has 0 spiro atoms. The van der Waals surface area contributed by atoms with Crippen molar-refractivity contribution in [3.8, 4) is 6.07 Å². The average molecular weight is 350 g/mol. The van der Waals surface area contributed by atoms with Crippen molar-refractivity contribution >= 4 is 11.8 Å². The van der Waals surface area contributed by atoms with Crippen LogP contribution in [0.4, 0.5) is 0 Å². The van der Waals surface area contributed by atoms with Gasteiger partial charge < -0.3 is 15.6 Å². The Labute approximate surface area is 151 Å². The van der Waals surface area contributed by atoms with Crippen LogP contribution in [0.25, 0.3) is 0 Å². The second-order valence-corrected chi connectivity index (χ2v) is 5.61. The molecule has 0 bridgehead atoms. The van der Waals surface area contributed by atoms with E-state index in [1.807, 2.05) is 0 Å². The summed E-state index contributed by atoms with van der Waals surface area (Å²) in [5.74, 6) is -1.75. The highest BCUT2D eigenvalue weighted by Crippen LogP contribution is 2.31. The van der Waals surface area contributed by atoms with Gasteiger partial charge in [-0.15, -0.1) is 0 Å². The number of carbonyl (C=O) groups excluding carboxylic acids is 2. The molecule has 0 saturated carbocycles. The number of nitrogens with two attached hydrogens (primary N) is 1. The third-order valence-electron chi connectivity index (χ3n) is 3.80. The van der Waals surface area contributed by atoms with E-state index in [4.69, 9.17) is 15.7 Å². The second kappa shape index (κ2) is 8.10. The monoisotopic (exact) mass is 350 g/mol. The van der Waals surface area contributed by atoms with Crippen LogP contribution in [-0.4, -0.2) is 23.5 Å². The van der Waals surface area contributed by atoms with Gasteiger partial charge in [0.25, 0.3) is 0 Å². The first kappa shape index (κ1) is 18.9. The first-order valence-electron chi connectivity index (χ1n) is 7.81. The first-order valence-corrected chi connectivity index (χ1v) is 7.81. The molecule has 0 aromatic heterocycles. The van der Waals surface area contributed by atoms with Crippen molar-refractivity contribution in [2.75, 3.05) is 6.61 Å². The molecule has 0 aliphatic rings. The zero-order chi connectivity index (χ0) is 19.2. The fraction of sp³-hybridized carbons (Fsp3) is 0.150. The number of Topliss-reactive ketones (excluding diaryl/α,β-unsaturated/α-hetero) is 1. The fourth-order valence-corrected chi connectivity index (χ4v) is 2.44. The molecule has 0 atom stereocenters. The molecule has 6 nitrogen and oxygen atoms in total. The first-order chi connectivity index (χ1) is 12.4. The number of benzene rings is 2. The van der Waals surface area contributed by atoms with Crippen molar-refractivity contribution in [2.24, 2.45) is 5.73 Å². The zero-order valence-electron chi connectivity index (χ0n) is 14.2. The van der Waals surface area contributed by atoms with Crippen molar-refractivity contribution in [3.63, 3.8) is 0 Å². The van der Waals surface area contributed by atoms with Crippen molar-refractivity contribution < 1.29 is 19.4 Å². The minimum Gasteiger partial charge on any atom is -0.455 e. The molecule has 0 heterocycles. The molecule has 2 aromatic rings. The van der Waals surface area contributed by atoms with E-state index in [-0.39, 0.29) is 11.3 Å². The predicted octanol–water partition coefficient (Wildman–Crippen LogP) is 1.79. The number of ether oxygens (including phenoxy) is 1. The summed E-state index contributed by atoms with van der Waals surface area (Å²) >= 11 is 0. The summed E-state index contributed by atoms with van der Waals surface area (Å²) in [6, 6.07) is 18.2. The molecule has 2 rings (SSSR count). The summed E-state index contributed by atoms with van der Waals surface area (Å²) in [6.07, 6.45) is 0. The van der Waals surface area contributed by atoms with E-state index >= 15 is 0 Å². The average Bonchev–Trinajstić information content (AvgIpc) is 2.67. The van der Waals surface area contributed by atoms with Gasteiger partial charge in [-0.1, -0.05) is 60.7 Å². The number of nitriles is 1. The molecule has 26 heavy (non-hydrogen) atoms. The number of esters is 1. The van der Waals surface area contributed by atoms with Gasteiger partial charge in [0.2, 0.25) is 11.4 Å². The van der Waals surface area contributed by atoms with Crippen LogP contribution in [0.1, 0.15) is 18.1 Å². The van der Waals surface area contributed by atoms with Crippen LogP contribution in [0.5, 0.6) is 0 Å². The zero-order valence-corrected chi connectivity index (χ0v) is 14.2. The van der Waals surface area contributed by atoms with E-state index in [2.05, 4.69) is 0 Å². The lowest BCUT2D eigenvalue weighted by Crippen LogP contribution is -2.39. The maximum atomic E-state index is 12.7. The normalized spacial score (nSPS) is 11.9. The fourth-order valence-electron chi connectivity index (χ4n) is 2.44. The Kier molecular flexibility index (Phi) is 5.89. The number of allylic oxidation sites excluding steroid dienone is 1. The summed E-state index contributed by atoms with van der Waals surface area (Å²) in [7, 11) is 0. The van der Waals surface area contributed by atoms with Gasteiger partial charge in [0.05, 0.1) is 0 Å². The Morgan fingerprint density at radius 3 is 1.92 bits per heavy atom. The van der Waals surface area contributed by atoms with Crippen molar-refractivity contribution in [3.05, 3.63) is 83.1 Å². The summed E-state index contributed by atoms with van der Waals surface area (Å²) < 4.78 is 5.03. The summed E-state index contributed by atoms with van der Waals surface area (Å²) in [5.41, 5.74) is 3.74. The Bertz CT molecular complexity index is 824. The van der Waals surface area contributed by atoms with Crippen LogP contribution in [0.3, 0.4) is 0 Å². The highest BCUT2D eigenvalue weighted by Gasteiger charge is 2.41. The summed E-state index contributed by atoms with van der Waals surface area (Å²) in [4.78, 5) is 24.7. The highest BCUT2D eigenvalue weighted by atomic mass is 16.6. The molecule has 0 unspecified atom stereocenters. The summed E-state index contributed by atoms with van der Waals surface area (Å²) in [5, 5.41) is 20.1. The lowest BCUT2D eigenvalue weighted by atomic mass is 9.86. The quantitative estimate of drug-likeness (QED) is 0.466. The maximum absolute atomic E-state index is 12.7. The second-order valence-electron chi connectivity index (χ2n) is 5.61. The number of rotatable bonds is 6. The highest BCUT2D eigenvalue weighted by molar-refractivity contribution is 6.01. The lowest BCUT2D eigenvalue weighted by Gasteiger charge is -2.26. The third kappa shape index (κ3) is 3.79. The van der Waals surface area contributed by atoms with Crippen LogP contribution in [-0.2, 0) is 19.9 Å². The van der Waals surface area contributed by atoms with E-state index in [9.17, 15) is 14.7 Å². The standard InChI is InChI=1S/C20H18N2O4/c1-14(22)17(12-21)18(23)13-26-19(24)20(25,15-8-4-2-5-9-15)16-10-6-3-7-11-16/h2-11,25H,13,22H2,1H3/b17-14+. The molecule has 132 valence electrons. The largest absolute Gasteiger partial charge is 0.455 e. The maximum Gasteiger partial charge on any atom is 0.348 e. The molecular formula is C20H18N2O4.